The topological polar surface area (TPSA) is 75.9 Å². The van der Waals surface area contributed by atoms with Gasteiger partial charge in [0, 0.05) is 37.3 Å². The van der Waals surface area contributed by atoms with Crippen LogP contribution in [-0.2, 0) is 6.54 Å². The van der Waals surface area contributed by atoms with Gasteiger partial charge in [0.2, 0.25) is 0 Å². The van der Waals surface area contributed by atoms with Crippen LogP contribution in [0, 0.1) is 5.92 Å². The van der Waals surface area contributed by atoms with Crippen LogP contribution in [0.15, 0.2) is 42.7 Å². The maximum Gasteiger partial charge on any atom is 0.252 e. The SMILES string of the molecule is O=C(NC1CC1)c1cc(N2CCC(Cn3ccnn3)CC2)nc2ccccc12. The molecule has 28 heavy (non-hydrogen) atoms. The Hall–Kier alpha value is -2.96. The predicted octanol–water partition coefficient (Wildman–Crippen LogP) is 2.64. The molecule has 1 amide bonds. The van der Waals surface area contributed by atoms with E-state index < -0.39 is 0 Å². The van der Waals surface area contributed by atoms with Crippen molar-refractivity contribution < 1.29 is 4.79 Å². The van der Waals surface area contributed by atoms with E-state index in [0.29, 0.717) is 12.0 Å². The lowest BCUT2D eigenvalue weighted by atomic mass is 9.96. The lowest BCUT2D eigenvalue weighted by Gasteiger charge is -2.33. The number of nitrogens with one attached hydrogen (secondary N) is 1. The van der Waals surface area contributed by atoms with Gasteiger partial charge in [-0.1, -0.05) is 23.4 Å². The fourth-order valence-electron chi connectivity index (χ4n) is 3.94. The fraction of sp³-hybridized carbons (Fsp3) is 0.429. The van der Waals surface area contributed by atoms with E-state index in [0.717, 1.165) is 67.6 Å². The lowest BCUT2D eigenvalue weighted by Crippen LogP contribution is -2.36. The van der Waals surface area contributed by atoms with Crippen molar-refractivity contribution in [3.05, 3.63) is 48.3 Å². The first-order chi connectivity index (χ1) is 13.8. The van der Waals surface area contributed by atoms with Crippen LogP contribution in [0.4, 0.5) is 5.82 Å². The molecule has 3 aromatic rings. The maximum absolute atomic E-state index is 12.8. The summed E-state index contributed by atoms with van der Waals surface area (Å²) in [6, 6.07) is 10.2. The largest absolute Gasteiger partial charge is 0.357 e. The van der Waals surface area contributed by atoms with Crippen molar-refractivity contribution in [2.75, 3.05) is 18.0 Å². The Balaban J connectivity index is 1.36. The second-order valence-electron chi connectivity index (χ2n) is 7.85. The van der Waals surface area contributed by atoms with Crippen molar-refractivity contribution in [1.82, 2.24) is 25.3 Å². The van der Waals surface area contributed by atoms with Crippen molar-refractivity contribution in [2.45, 2.75) is 38.3 Å². The number of anilines is 1. The first-order valence-corrected chi connectivity index (χ1v) is 10.1. The molecule has 1 saturated carbocycles. The summed E-state index contributed by atoms with van der Waals surface area (Å²) in [6.07, 6.45) is 7.97. The van der Waals surface area contributed by atoms with Crippen LogP contribution in [0.25, 0.3) is 10.9 Å². The van der Waals surface area contributed by atoms with Crippen molar-refractivity contribution in [3.63, 3.8) is 0 Å². The van der Waals surface area contributed by atoms with Gasteiger partial charge in [-0.3, -0.25) is 9.48 Å². The van der Waals surface area contributed by atoms with Crippen molar-refractivity contribution in [3.8, 4) is 0 Å². The number of carbonyl (C=O) groups excluding carboxylic acids is 1. The zero-order chi connectivity index (χ0) is 18.9. The van der Waals surface area contributed by atoms with Crippen LogP contribution in [-0.4, -0.2) is 45.0 Å². The highest BCUT2D eigenvalue weighted by Gasteiger charge is 2.26. The number of carbonyl (C=O) groups is 1. The highest BCUT2D eigenvalue weighted by atomic mass is 16.1. The van der Waals surface area contributed by atoms with E-state index >= 15 is 0 Å². The summed E-state index contributed by atoms with van der Waals surface area (Å²) in [5, 5.41) is 12.0. The molecule has 1 N–H and O–H groups in total. The second kappa shape index (κ2) is 7.22. The normalized spacial score (nSPS) is 17.8. The molecule has 5 rings (SSSR count). The van der Waals surface area contributed by atoms with Crippen LogP contribution >= 0.6 is 0 Å². The number of aromatic nitrogens is 4. The maximum atomic E-state index is 12.8. The summed E-state index contributed by atoms with van der Waals surface area (Å²) in [5.74, 6) is 1.51. The van der Waals surface area contributed by atoms with E-state index in [1.807, 2.05) is 41.2 Å². The van der Waals surface area contributed by atoms with Crippen LogP contribution in [0.5, 0.6) is 0 Å². The molecule has 2 aromatic heterocycles. The number of piperidine rings is 1. The van der Waals surface area contributed by atoms with Gasteiger partial charge in [0.1, 0.15) is 5.82 Å². The van der Waals surface area contributed by atoms with Gasteiger partial charge in [0.25, 0.3) is 5.91 Å². The van der Waals surface area contributed by atoms with Crippen molar-refractivity contribution in [1.29, 1.82) is 0 Å². The summed E-state index contributed by atoms with van der Waals surface area (Å²) in [7, 11) is 0. The number of rotatable bonds is 5. The van der Waals surface area contributed by atoms with Crippen molar-refractivity contribution >= 4 is 22.6 Å². The summed E-state index contributed by atoms with van der Waals surface area (Å²) in [4.78, 5) is 20.0. The molecule has 1 aliphatic carbocycles. The van der Waals surface area contributed by atoms with E-state index in [2.05, 4.69) is 20.5 Å². The zero-order valence-electron chi connectivity index (χ0n) is 15.8. The Morgan fingerprint density at radius 1 is 1.14 bits per heavy atom. The molecular weight excluding hydrogens is 352 g/mol. The van der Waals surface area contributed by atoms with E-state index in [1.54, 1.807) is 6.20 Å². The molecule has 0 unspecified atom stereocenters. The van der Waals surface area contributed by atoms with Crippen LogP contribution in [0.3, 0.4) is 0 Å². The average molecular weight is 376 g/mol. The third kappa shape index (κ3) is 3.56. The Morgan fingerprint density at radius 3 is 2.71 bits per heavy atom. The van der Waals surface area contributed by atoms with Gasteiger partial charge in [-0.05, 0) is 43.7 Å². The van der Waals surface area contributed by atoms with E-state index in [1.165, 1.54) is 0 Å². The minimum Gasteiger partial charge on any atom is -0.357 e. The van der Waals surface area contributed by atoms with E-state index in [4.69, 9.17) is 4.98 Å². The standard InChI is InChI=1S/C21H24N6O/c28-21(23-16-5-6-16)18-13-20(24-19-4-2-1-3-17(18)19)26-10-7-15(8-11-26)14-27-12-9-22-25-27/h1-4,9,12-13,15-16H,5-8,10-11,14H2,(H,23,28). The first kappa shape index (κ1) is 17.2. The molecule has 2 fully saturated rings. The third-order valence-electron chi connectivity index (χ3n) is 5.72. The minimum atomic E-state index is 0.0171. The molecular formula is C21H24N6O. The number of hydrogen-bond acceptors (Lipinski definition) is 5. The Labute approximate surface area is 163 Å². The molecule has 7 heteroatoms. The van der Waals surface area contributed by atoms with Gasteiger partial charge in [-0.15, -0.1) is 5.10 Å². The Kier molecular flexibility index (Phi) is 4.43. The summed E-state index contributed by atoms with van der Waals surface area (Å²) >= 11 is 0. The number of nitrogens with zero attached hydrogens (tertiary/aromatic N) is 5. The second-order valence-corrected chi connectivity index (χ2v) is 7.85. The summed E-state index contributed by atoms with van der Waals surface area (Å²) in [6.45, 7) is 2.79. The number of para-hydroxylation sites is 1. The zero-order valence-corrected chi connectivity index (χ0v) is 15.8. The molecule has 0 spiro atoms. The molecule has 0 atom stereocenters. The number of pyridine rings is 1. The molecule has 3 heterocycles. The monoisotopic (exact) mass is 376 g/mol. The average Bonchev–Trinajstić information content (AvgIpc) is 3.39. The van der Waals surface area contributed by atoms with Gasteiger partial charge in [0.15, 0.2) is 0 Å². The van der Waals surface area contributed by atoms with E-state index in [-0.39, 0.29) is 5.91 Å². The predicted molar refractivity (Wildman–Crippen MR) is 107 cm³/mol. The molecule has 0 bridgehead atoms. The highest BCUT2D eigenvalue weighted by Crippen LogP contribution is 2.28. The lowest BCUT2D eigenvalue weighted by molar-refractivity contribution is 0.0952. The van der Waals surface area contributed by atoms with Gasteiger partial charge < -0.3 is 10.2 Å². The molecule has 2 aliphatic rings. The van der Waals surface area contributed by atoms with Gasteiger partial charge in [-0.2, -0.15) is 0 Å². The fourth-order valence-corrected chi connectivity index (χ4v) is 3.94. The summed E-state index contributed by atoms with van der Waals surface area (Å²) < 4.78 is 1.91. The number of amides is 1. The smallest absolute Gasteiger partial charge is 0.252 e. The molecule has 1 aliphatic heterocycles. The molecule has 7 nitrogen and oxygen atoms in total. The van der Waals surface area contributed by atoms with Gasteiger partial charge >= 0.3 is 0 Å². The minimum absolute atomic E-state index is 0.0171. The van der Waals surface area contributed by atoms with Crippen LogP contribution in [0.2, 0.25) is 0 Å². The van der Waals surface area contributed by atoms with Crippen LogP contribution in [0.1, 0.15) is 36.0 Å². The Morgan fingerprint density at radius 2 is 1.96 bits per heavy atom. The van der Waals surface area contributed by atoms with Gasteiger partial charge in [0.05, 0.1) is 17.3 Å². The Bertz CT molecular complexity index is 974. The highest BCUT2D eigenvalue weighted by molar-refractivity contribution is 6.07. The molecule has 144 valence electrons. The summed E-state index contributed by atoms with van der Waals surface area (Å²) in [5.41, 5.74) is 1.61. The molecule has 1 aromatic carbocycles. The molecule has 0 radical (unpaired) electrons. The quantitative estimate of drug-likeness (QED) is 0.741. The number of fused-ring (bicyclic) bond motifs is 1. The number of benzene rings is 1. The third-order valence-corrected chi connectivity index (χ3v) is 5.72. The first-order valence-electron chi connectivity index (χ1n) is 10.1. The van der Waals surface area contributed by atoms with Crippen molar-refractivity contribution in [2.24, 2.45) is 5.92 Å². The van der Waals surface area contributed by atoms with Crippen LogP contribution < -0.4 is 10.2 Å². The molecule has 1 saturated heterocycles. The number of hydrogen-bond donors (Lipinski definition) is 1. The van der Waals surface area contributed by atoms with E-state index in [9.17, 15) is 4.79 Å². The van der Waals surface area contributed by atoms with Gasteiger partial charge in [-0.25, -0.2) is 4.98 Å².